The summed E-state index contributed by atoms with van der Waals surface area (Å²) >= 11 is 0. The Morgan fingerprint density at radius 1 is 1.16 bits per heavy atom. The number of carbonyl (C=O) groups is 1. The van der Waals surface area contributed by atoms with Gasteiger partial charge in [-0.1, -0.05) is 11.6 Å². The quantitative estimate of drug-likeness (QED) is 0.607. The number of rotatable bonds is 3. The summed E-state index contributed by atoms with van der Waals surface area (Å²) in [5.74, 6) is 1.16. The predicted octanol–water partition coefficient (Wildman–Crippen LogP) is 4.46. The van der Waals surface area contributed by atoms with Crippen molar-refractivity contribution >= 4 is 16.8 Å². The zero-order valence-electron chi connectivity index (χ0n) is 19.0. The third-order valence-corrected chi connectivity index (χ3v) is 8.25. The first-order valence-corrected chi connectivity index (χ1v) is 12.2. The lowest BCUT2D eigenvalue weighted by atomic mass is 9.64. The summed E-state index contributed by atoms with van der Waals surface area (Å²) in [6.07, 6.45) is 10.7. The minimum atomic E-state index is -0.454. The Morgan fingerprint density at radius 3 is 2.84 bits per heavy atom. The van der Waals surface area contributed by atoms with E-state index in [0.29, 0.717) is 18.2 Å². The topological polar surface area (TPSA) is 77.0 Å². The van der Waals surface area contributed by atoms with Crippen molar-refractivity contribution in [2.75, 3.05) is 13.6 Å². The second-order valence-corrected chi connectivity index (χ2v) is 10.0. The molecule has 3 atom stereocenters. The number of Topliss-reactive ketones (excluding diaryl/α,β-unsaturated/α-hetero) is 1. The molecule has 0 aromatic carbocycles. The van der Waals surface area contributed by atoms with Crippen molar-refractivity contribution in [3.05, 3.63) is 29.7 Å². The average molecular weight is 434 g/mol. The molecule has 1 saturated heterocycles. The van der Waals surface area contributed by atoms with Crippen molar-refractivity contribution in [3.63, 3.8) is 0 Å². The van der Waals surface area contributed by atoms with Crippen molar-refractivity contribution in [1.82, 2.24) is 24.8 Å². The van der Waals surface area contributed by atoms with Crippen molar-refractivity contribution in [3.8, 4) is 11.4 Å². The molecule has 1 spiro atoms. The molecule has 2 fully saturated rings. The molecule has 0 amide bonds. The van der Waals surface area contributed by atoms with Crippen molar-refractivity contribution < 1.29 is 9.32 Å². The van der Waals surface area contributed by atoms with E-state index < -0.39 is 5.41 Å². The van der Waals surface area contributed by atoms with E-state index >= 15 is 0 Å². The summed E-state index contributed by atoms with van der Waals surface area (Å²) in [6.45, 7) is 3.38. The largest absolute Gasteiger partial charge is 0.359 e. The van der Waals surface area contributed by atoms with Gasteiger partial charge in [0.05, 0.1) is 23.3 Å². The van der Waals surface area contributed by atoms with E-state index in [0.717, 1.165) is 78.8 Å². The summed E-state index contributed by atoms with van der Waals surface area (Å²) in [5.41, 5.74) is 3.15. The van der Waals surface area contributed by atoms with Gasteiger partial charge in [0, 0.05) is 23.4 Å². The Hall–Kier alpha value is -2.54. The van der Waals surface area contributed by atoms with Gasteiger partial charge in [-0.05, 0) is 77.6 Å². The van der Waals surface area contributed by atoms with Crippen molar-refractivity contribution in [2.45, 2.75) is 82.2 Å². The van der Waals surface area contributed by atoms with Crippen LogP contribution in [0.4, 0.5) is 0 Å². The first-order valence-electron chi connectivity index (χ1n) is 12.2. The first-order chi connectivity index (χ1) is 15.6. The van der Waals surface area contributed by atoms with Crippen LogP contribution in [0, 0.1) is 0 Å². The van der Waals surface area contributed by atoms with Crippen LogP contribution in [0.3, 0.4) is 0 Å². The second-order valence-electron chi connectivity index (χ2n) is 10.0. The molecule has 4 heterocycles. The van der Waals surface area contributed by atoms with E-state index in [9.17, 15) is 4.79 Å². The average Bonchev–Trinajstić information content (AvgIpc) is 3.53. The van der Waals surface area contributed by atoms with Crippen molar-refractivity contribution in [2.24, 2.45) is 0 Å². The summed E-state index contributed by atoms with van der Waals surface area (Å²) in [7, 11) is 2.20. The molecule has 0 unspecified atom stereocenters. The highest BCUT2D eigenvalue weighted by Crippen LogP contribution is 2.47. The third-order valence-electron chi connectivity index (χ3n) is 8.25. The van der Waals surface area contributed by atoms with Crippen LogP contribution >= 0.6 is 0 Å². The standard InChI is InChI=1S/C25H31N5O2/c1-16(20-8-6-14-29(20)2)30-24-17(15-26-30)10-11-19(27-24)22-18-7-5-13-25(23(18)32-28-22)12-4-3-9-21(25)31/h10-11,15-16,20H,3-9,12-14H2,1-2H3/t16-,20-,25+/m0/s1. The molecule has 3 aromatic rings. The summed E-state index contributed by atoms with van der Waals surface area (Å²) < 4.78 is 8.01. The SMILES string of the molecule is C[C@@H]([C@@H]1CCCN1C)n1ncc2ccc(-c3noc4c3CCC[C@@]43CCCCC3=O)nc21. The number of hydrogen-bond donors (Lipinski definition) is 0. The highest BCUT2D eigenvalue weighted by molar-refractivity contribution is 5.91. The summed E-state index contributed by atoms with van der Waals surface area (Å²) in [4.78, 5) is 20.4. The number of likely N-dealkylation sites (tertiary alicyclic amines) is 1. The van der Waals surface area contributed by atoms with Gasteiger partial charge in [-0.2, -0.15) is 5.10 Å². The van der Waals surface area contributed by atoms with Gasteiger partial charge in [0.25, 0.3) is 0 Å². The third kappa shape index (κ3) is 2.90. The number of fused-ring (bicyclic) bond motifs is 3. The highest BCUT2D eigenvalue weighted by atomic mass is 16.5. The molecule has 1 saturated carbocycles. The van der Waals surface area contributed by atoms with Gasteiger partial charge >= 0.3 is 0 Å². The molecule has 0 N–H and O–H groups in total. The molecule has 3 aliphatic rings. The van der Waals surface area contributed by atoms with Crippen LogP contribution in [0.1, 0.15) is 75.7 Å². The molecule has 32 heavy (non-hydrogen) atoms. The fourth-order valence-electron chi connectivity index (χ4n) is 6.46. The number of carbonyl (C=O) groups excluding carboxylic acids is 1. The van der Waals surface area contributed by atoms with Crippen LogP contribution in [0.25, 0.3) is 22.4 Å². The molecule has 2 aliphatic carbocycles. The van der Waals surface area contributed by atoms with Gasteiger partial charge in [-0.25, -0.2) is 9.67 Å². The number of nitrogens with zero attached hydrogens (tertiary/aromatic N) is 5. The minimum Gasteiger partial charge on any atom is -0.359 e. The maximum Gasteiger partial charge on any atom is 0.158 e. The Morgan fingerprint density at radius 2 is 2.03 bits per heavy atom. The second kappa shape index (κ2) is 7.51. The fraction of sp³-hybridized carbons (Fsp3) is 0.600. The Balaban J connectivity index is 1.41. The number of hydrogen-bond acceptors (Lipinski definition) is 6. The zero-order chi connectivity index (χ0) is 21.9. The molecule has 168 valence electrons. The maximum absolute atomic E-state index is 13.0. The van der Waals surface area contributed by atoms with E-state index in [2.05, 4.69) is 34.8 Å². The van der Waals surface area contributed by atoms with E-state index in [-0.39, 0.29) is 6.04 Å². The molecule has 0 bridgehead atoms. The molecule has 6 rings (SSSR count). The van der Waals surface area contributed by atoms with Crippen LogP contribution in [-0.2, 0) is 16.6 Å². The van der Waals surface area contributed by atoms with Gasteiger partial charge < -0.3 is 9.42 Å². The fourth-order valence-corrected chi connectivity index (χ4v) is 6.46. The number of aromatic nitrogens is 4. The van der Waals surface area contributed by atoms with Gasteiger partial charge in [0.2, 0.25) is 0 Å². The van der Waals surface area contributed by atoms with Gasteiger partial charge in [-0.3, -0.25) is 4.79 Å². The number of ketones is 1. The lowest BCUT2D eigenvalue weighted by Gasteiger charge is -2.36. The lowest BCUT2D eigenvalue weighted by molar-refractivity contribution is -0.128. The normalized spacial score (nSPS) is 27.3. The summed E-state index contributed by atoms with van der Waals surface area (Å²) in [5, 5.41) is 10.2. The van der Waals surface area contributed by atoms with Gasteiger partial charge in [0.1, 0.15) is 11.5 Å². The van der Waals surface area contributed by atoms with Crippen LogP contribution in [-0.4, -0.2) is 50.2 Å². The Bertz CT molecular complexity index is 1180. The number of likely N-dealkylation sites (N-methyl/N-ethyl adjacent to an activating group) is 1. The minimum absolute atomic E-state index is 0.247. The Labute approximate surface area is 188 Å². The monoisotopic (exact) mass is 433 g/mol. The lowest BCUT2D eigenvalue weighted by Crippen LogP contribution is -2.41. The van der Waals surface area contributed by atoms with E-state index in [1.807, 2.05) is 12.3 Å². The molecule has 1 aliphatic heterocycles. The van der Waals surface area contributed by atoms with E-state index in [1.54, 1.807) is 0 Å². The maximum atomic E-state index is 13.0. The first kappa shape index (κ1) is 20.1. The molecule has 3 aromatic heterocycles. The molecule has 7 heteroatoms. The molecular formula is C25H31N5O2. The number of pyridine rings is 1. The molecule has 0 radical (unpaired) electrons. The molecular weight excluding hydrogens is 402 g/mol. The van der Waals surface area contributed by atoms with Gasteiger partial charge in [0.15, 0.2) is 11.4 Å². The van der Waals surface area contributed by atoms with Crippen molar-refractivity contribution in [1.29, 1.82) is 0 Å². The van der Waals surface area contributed by atoms with Gasteiger partial charge in [-0.15, -0.1) is 0 Å². The van der Waals surface area contributed by atoms with E-state index in [4.69, 9.17) is 14.6 Å². The van der Waals surface area contributed by atoms with Crippen LogP contribution < -0.4 is 0 Å². The predicted molar refractivity (Wildman–Crippen MR) is 121 cm³/mol. The van der Waals surface area contributed by atoms with Crippen LogP contribution in [0.5, 0.6) is 0 Å². The summed E-state index contributed by atoms with van der Waals surface area (Å²) in [6, 6.07) is 4.82. The van der Waals surface area contributed by atoms with E-state index in [1.165, 1.54) is 12.8 Å². The van der Waals surface area contributed by atoms with Crippen LogP contribution in [0.2, 0.25) is 0 Å². The highest BCUT2D eigenvalue weighted by Gasteiger charge is 2.48. The Kier molecular flexibility index (Phi) is 4.72. The van der Waals surface area contributed by atoms with Crippen LogP contribution in [0.15, 0.2) is 22.9 Å². The molecule has 7 nitrogen and oxygen atoms in total. The smallest absolute Gasteiger partial charge is 0.158 e. The zero-order valence-corrected chi connectivity index (χ0v) is 19.0.